The van der Waals surface area contributed by atoms with Gasteiger partial charge in [-0.3, -0.25) is 4.79 Å². The van der Waals surface area contributed by atoms with Crippen LogP contribution < -0.4 is 0 Å². The number of halogens is 1. The lowest BCUT2D eigenvalue weighted by Gasteiger charge is -2.20. The quantitative estimate of drug-likeness (QED) is 0.527. The molecule has 1 aromatic carbocycles. The minimum Gasteiger partial charge on any atom is -0.469 e. The van der Waals surface area contributed by atoms with Crippen molar-refractivity contribution in [2.75, 3.05) is 7.11 Å². The first-order chi connectivity index (χ1) is 11.7. The summed E-state index contributed by atoms with van der Waals surface area (Å²) in [5.74, 6) is 0.475. The number of rotatable bonds is 5. The van der Waals surface area contributed by atoms with E-state index in [2.05, 4.69) is 32.9 Å². The van der Waals surface area contributed by atoms with Gasteiger partial charge in [-0.05, 0) is 46.6 Å². The zero-order valence-corrected chi connectivity index (χ0v) is 16.0. The highest BCUT2D eigenvalue weighted by molar-refractivity contribution is 14.1. The molecule has 3 rings (SSSR count). The van der Waals surface area contributed by atoms with Crippen LogP contribution in [0.1, 0.15) is 43.4 Å². The van der Waals surface area contributed by atoms with Gasteiger partial charge in [-0.25, -0.2) is 4.68 Å². The number of ether oxygens (including phenoxy) is 1. The van der Waals surface area contributed by atoms with Gasteiger partial charge >= 0.3 is 5.97 Å². The third kappa shape index (κ3) is 3.96. The fourth-order valence-electron chi connectivity index (χ4n) is 3.34. The van der Waals surface area contributed by atoms with Crippen LogP contribution in [0.25, 0.3) is 5.69 Å². The van der Waals surface area contributed by atoms with E-state index in [1.807, 2.05) is 28.9 Å². The molecule has 0 bridgehead atoms. The number of nitrogens with zero attached hydrogens (tertiary/aromatic N) is 3. The molecule has 0 unspecified atom stereocenters. The Labute approximate surface area is 155 Å². The molecule has 2 aromatic rings. The SMILES string of the molecule is COC(=O)Cc1ccccc1-n1nnc(CC2CCCCC2)c1I. The van der Waals surface area contributed by atoms with Gasteiger partial charge in [0.1, 0.15) is 3.70 Å². The molecule has 0 radical (unpaired) electrons. The van der Waals surface area contributed by atoms with E-state index in [0.29, 0.717) is 0 Å². The second-order valence-corrected chi connectivity index (χ2v) is 7.35. The number of hydrogen-bond acceptors (Lipinski definition) is 4. The Kier molecular flexibility index (Phi) is 5.86. The number of carbonyl (C=O) groups excluding carboxylic acids is 1. The zero-order chi connectivity index (χ0) is 16.9. The molecule has 128 valence electrons. The summed E-state index contributed by atoms with van der Waals surface area (Å²) < 4.78 is 7.68. The molecular weight excluding hydrogens is 417 g/mol. The number of para-hydroxylation sites is 1. The van der Waals surface area contributed by atoms with Gasteiger partial charge in [0.05, 0.1) is 24.9 Å². The monoisotopic (exact) mass is 439 g/mol. The maximum Gasteiger partial charge on any atom is 0.310 e. The minimum atomic E-state index is -0.250. The lowest BCUT2D eigenvalue weighted by molar-refractivity contribution is -0.139. The molecule has 0 N–H and O–H groups in total. The van der Waals surface area contributed by atoms with E-state index in [1.54, 1.807) is 0 Å². The van der Waals surface area contributed by atoms with Crippen LogP contribution in [0.2, 0.25) is 0 Å². The number of aromatic nitrogens is 3. The smallest absolute Gasteiger partial charge is 0.310 e. The molecule has 5 nitrogen and oxygen atoms in total. The Bertz CT molecular complexity index is 708. The van der Waals surface area contributed by atoms with E-state index in [-0.39, 0.29) is 12.4 Å². The van der Waals surface area contributed by atoms with Crippen molar-refractivity contribution < 1.29 is 9.53 Å². The Morgan fingerprint density at radius 3 is 2.79 bits per heavy atom. The second-order valence-electron chi connectivity index (χ2n) is 6.33. The lowest BCUT2D eigenvalue weighted by Crippen LogP contribution is -2.11. The summed E-state index contributed by atoms with van der Waals surface area (Å²) in [6, 6.07) is 7.79. The molecule has 6 heteroatoms. The van der Waals surface area contributed by atoms with E-state index < -0.39 is 0 Å². The van der Waals surface area contributed by atoms with Gasteiger partial charge in [0.15, 0.2) is 0 Å². The van der Waals surface area contributed by atoms with Gasteiger partial charge in [-0.2, -0.15) is 0 Å². The Morgan fingerprint density at radius 1 is 1.29 bits per heavy atom. The summed E-state index contributed by atoms with van der Waals surface area (Å²) in [5, 5.41) is 8.77. The van der Waals surface area contributed by atoms with Crippen molar-refractivity contribution >= 4 is 28.6 Å². The molecule has 24 heavy (non-hydrogen) atoms. The predicted molar refractivity (Wildman–Crippen MR) is 100 cm³/mol. The molecular formula is C18H22IN3O2. The van der Waals surface area contributed by atoms with Crippen LogP contribution >= 0.6 is 22.6 Å². The number of esters is 1. The number of hydrogen-bond donors (Lipinski definition) is 0. The second kappa shape index (κ2) is 8.09. The van der Waals surface area contributed by atoms with Crippen molar-refractivity contribution in [2.24, 2.45) is 5.92 Å². The first-order valence-electron chi connectivity index (χ1n) is 8.44. The van der Waals surface area contributed by atoms with Crippen LogP contribution in [-0.2, 0) is 22.4 Å². The van der Waals surface area contributed by atoms with E-state index in [0.717, 1.165) is 33.0 Å². The molecule has 1 saturated carbocycles. The standard InChI is InChI=1S/C18H22IN3O2/c1-24-17(23)12-14-9-5-6-10-16(14)22-18(19)15(20-21-22)11-13-7-3-2-4-8-13/h5-6,9-10,13H,2-4,7-8,11-12H2,1H3. The molecule has 1 fully saturated rings. The van der Waals surface area contributed by atoms with Crippen LogP contribution in [0.3, 0.4) is 0 Å². The summed E-state index contributed by atoms with van der Waals surface area (Å²) in [6.45, 7) is 0. The fourth-order valence-corrected chi connectivity index (χ4v) is 4.02. The first kappa shape index (κ1) is 17.4. The van der Waals surface area contributed by atoms with Gasteiger partial charge in [-0.1, -0.05) is 55.5 Å². The molecule has 0 spiro atoms. The van der Waals surface area contributed by atoms with Gasteiger partial charge in [-0.15, -0.1) is 5.10 Å². The van der Waals surface area contributed by atoms with Crippen molar-refractivity contribution in [3.05, 3.63) is 39.2 Å². The largest absolute Gasteiger partial charge is 0.469 e. The van der Waals surface area contributed by atoms with Gasteiger partial charge < -0.3 is 4.74 Å². The highest BCUT2D eigenvalue weighted by Crippen LogP contribution is 2.28. The van der Waals surface area contributed by atoms with Crippen LogP contribution in [0, 0.1) is 9.62 Å². The molecule has 1 aromatic heterocycles. The number of carbonyl (C=O) groups is 1. The summed E-state index contributed by atoms with van der Waals surface area (Å²) >= 11 is 2.32. The lowest BCUT2D eigenvalue weighted by atomic mass is 9.86. The van der Waals surface area contributed by atoms with E-state index in [9.17, 15) is 4.79 Å². The summed E-state index contributed by atoms with van der Waals surface area (Å²) in [5.41, 5.74) is 2.86. The topological polar surface area (TPSA) is 57.0 Å². The zero-order valence-electron chi connectivity index (χ0n) is 13.9. The number of methoxy groups -OCH3 is 1. The third-order valence-corrected chi connectivity index (χ3v) is 5.75. The van der Waals surface area contributed by atoms with Crippen molar-refractivity contribution in [2.45, 2.75) is 44.9 Å². The van der Waals surface area contributed by atoms with Gasteiger partial charge in [0.2, 0.25) is 0 Å². The van der Waals surface area contributed by atoms with Crippen LogP contribution in [-0.4, -0.2) is 28.1 Å². The molecule has 0 atom stereocenters. The van der Waals surface area contributed by atoms with Crippen molar-refractivity contribution in [3.63, 3.8) is 0 Å². The normalized spacial score (nSPS) is 15.4. The average molecular weight is 439 g/mol. The predicted octanol–water partition coefficient (Wildman–Crippen LogP) is 3.71. The number of benzene rings is 1. The Balaban J connectivity index is 1.84. The van der Waals surface area contributed by atoms with E-state index in [1.165, 1.54) is 39.2 Å². The molecule has 1 heterocycles. The Hall–Kier alpha value is -1.44. The summed E-state index contributed by atoms with van der Waals surface area (Å²) in [4.78, 5) is 11.6. The summed E-state index contributed by atoms with van der Waals surface area (Å²) in [6.07, 6.45) is 7.84. The maximum atomic E-state index is 11.6. The molecule has 0 saturated heterocycles. The maximum absolute atomic E-state index is 11.6. The first-order valence-corrected chi connectivity index (χ1v) is 9.52. The van der Waals surface area contributed by atoms with Gasteiger partial charge in [0, 0.05) is 0 Å². The van der Waals surface area contributed by atoms with Gasteiger partial charge in [0.25, 0.3) is 0 Å². The average Bonchev–Trinajstić information content (AvgIpc) is 2.97. The van der Waals surface area contributed by atoms with Crippen LogP contribution in [0.4, 0.5) is 0 Å². The molecule has 1 aliphatic carbocycles. The van der Waals surface area contributed by atoms with Crippen LogP contribution in [0.5, 0.6) is 0 Å². The van der Waals surface area contributed by atoms with Crippen molar-refractivity contribution in [3.8, 4) is 5.69 Å². The van der Waals surface area contributed by atoms with Crippen molar-refractivity contribution in [1.29, 1.82) is 0 Å². The summed E-state index contributed by atoms with van der Waals surface area (Å²) in [7, 11) is 1.41. The Morgan fingerprint density at radius 2 is 2.04 bits per heavy atom. The highest BCUT2D eigenvalue weighted by atomic mass is 127. The highest BCUT2D eigenvalue weighted by Gasteiger charge is 2.20. The minimum absolute atomic E-state index is 0.237. The molecule has 1 aliphatic rings. The van der Waals surface area contributed by atoms with E-state index >= 15 is 0 Å². The fraction of sp³-hybridized carbons (Fsp3) is 0.500. The third-order valence-electron chi connectivity index (χ3n) is 4.67. The van der Waals surface area contributed by atoms with E-state index in [4.69, 9.17) is 4.74 Å². The molecule has 0 amide bonds. The molecule has 0 aliphatic heterocycles. The van der Waals surface area contributed by atoms with Crippen molar-refractivity contribution in [1.82, 2.24) is 15.0 Å². The van der Waals surface area contributed by atoms with Crippen LogP contribution in [0.15, 0.2) is 24.3 Å².